The molecule has 0 saturated heterocycles. The van der Waals surface area contributed by atoms with Crippen molar-refractivity contribution in [3.8, 4) is 6.07 Å². The van der Waals surface area contributed by atoms with E-state index in [2.05, 4.69) is 15.6 Å². The Bertz CT molecular complexity index is 566. The molecular weight excluding hydrogens is 214 g/mol. The molecule has 0 aliphatic heterocycles. The lowest BCUT2D eigenvalue weighted by Crippen LogP contribution is -2.00. The van der Waals surface area contributed by atoms with Crippen LogP contribution in [-0.4, -0.2) is 23.3 Å². The molecule has 88 valence electrons. The summed E-state index contributed by atoms with van der Waals surface area (Å²) in [6.45, 7) is 0.743. The first kappa shape index (κ1) is 11.6. The second-order valence-electron chi connectivity index (χ2n) is 4.00. The van der Waals surface area contributed by atoms with Crippen LogP contribution in [0.1, 0.15) is 17.8 Å². The van der Waals surface area contributed by atoms with E-state index in [9.17, 15) is 0 Å². The number of aryl methyl sites for hydroxylation is 2. The van der Waals surface area contributed by atoms with Crippen LogP contribution in [0.3, 0.4) is 0 Å². The van der Waals surface area contributed by atoms with Crippen molar-refractivity contribution < 1.29 is 4.74 Å². The van der Waals surface area contributed by atoms with Crippen LogP contribution in [0, 0.1) is 11.3 Å². The third-order valence-electron chi connectivity index (χ3n) is 2.85. The van der Waals surface area contributed by atoms with Gasteiger partial charge in [0.2, 0.25) is 0 Å². The Hall–Kier alpha value is -1.86. The summed E-state index contributed by atoms with van der Waals surface area (Å²) in [5.74, 6) is 1.03. The lowest BCUT2D eigenvalue weighted by Gasteiger charge is -2.01. The van der Waals surface area contributed by atoms with Crippen LogP contribution in [0.25, 0.3) is 11.0 Å². The summed E-state index contributed by atoms with van der Waals surface area (Å²) in [5.41, 5.74) is 2.61. The highest BCUT2D eigenvalue weighted by Gasteiger charge is 2.07. The van der Waals surface area contributed by atoms with Gasteiger partial charge in [0, 0.05) is 27.2 Å². The zero-order valence-electron chi connectivity index (χ0n) is 10.1. The monoisotopic (exact) mass is 229 g/mol. The number of aromatic nitrogens is 2. The molecular formula is C13H15N3O. The highest BCUT2D eigenvalue weighted by atomic mass is 16.5. The number of rotatable bonds is 4. The molecule has 0 fully saturated rings. The predicted octanol–water partition coefficient (Wildman–Crippen LogP) is 2.02. The highest BCUT2D eigenvalue weighted by Crippen LogP contribution is 2.17. The Balaban J connectivity index is 2.32. The fourth-order valence-corrected chi connectivity index (χ4v) is 1.92. The van der Waals surface area contributed by atoms with Crippen LogP contribution in [0.2, 0.25) is 0 Å². The molecule has 2 aromatic rings. The molecule has 0 aliphatic rings. The van der Waals surface area contributed by atoms with Crippen LogP contribution in [-0.2, 0) is 18.2 Å². The number of hydrogen-bond donors (Lipinski definition) is 0. The molecule has 1 aromatic heterocycles. The maximum atomic E-state index is 8.85. The van der Waals surface area contributed by atoms with Gasteiger partial charge in [0.15, 0.2) is 0 Å². The van der Waals surface area contributed by atoms with Crippen molar-refractivity contribution in [3.63, 3.8) is 0 Å². The molecule has 1 heterocycles. The SMILES string of the molecule is COCCCc1nc2cc(C#N)ccc2n1C. The standard InChI is InChI=1S/C13H15N3O/c1-16-12-6-5-10(9-14)8-11(12)15-13(16)4-3-7-17-2/h5-6,8H,3-4,7H2,1-2H3. The lowest BCUT2D eigenvalue weighted by molar-refractivity contribution is 0.194. The van der Waals surface area contributed by atoms with E-state index < -0.39 is 0 Å². The van der Waals surface area contributed by atoms with Crippen molar-refractivity contribution in [2.75, 3.05) is 13.7 Å². The molecule has 0 aliphatic carbocycles. The first-order valence-electron chi connectivity index (χ1n) is 5.60. The first-order chi connectivity index (χ1) is 8.26. The summed E-state index contributed by atoms with van der Waals surface area (Å²) in [6, 6.07) is 7.73. The third-order valence-corrected chi connectivity index (χ3v) is 2.85. The number of imidazole rings is 1. The molecule has 4 nitrogen and oxygen atoms in total. The average Bonchev–Trinajstić information content (AvgIpc) is 2.66. The Labute approximate surface area is 100 Å². The Morgan fingerprint density at radius 2 is 2.29 bits per heavy atom. The van der Waals surface area contributed by atoms with Gasteiger partial charge in [0.1, 0.15) is 5.82 Å². The molecule has 0 radical (unpaired) electrons. The largest absolute Gasteiger partial charge is 0.385 e. The van der Waals surface area contributed by atoms with E-state index in [4.69, 9.17) is 10.00 Å². The third kappa shape index (κ3) is 2.29. The van der Waals surface area contributed by atoms with Gasteiger partial charge in [-0.25, -0.2) is 4.98 Å². The van der Waals surface area contributed by atoms with Gasteiger partial charge in [0.05, 0.1) is 22.7 Å². The quantitative estimate of drug-likeness (QED) is 0.754. The highest BCUT2D eigenvalue weighted by molar-refractivity contribution is 5.77. The van der Waals surface area contributed by atoms with E-state index in [1.165, 1.54) is 0 Å². The van der Waals surface area contributed by atoms with Crippen LogP contribution in [0.5, 0.6) is 0 Å². The van der Waals surface area contributed by atoms with Crippen molar-refractivity contribution >= 4 is 11.0 Å². The van der Waals surface area contributed by atoms with E-state index >= 15 is 0 Å². The minimum absolute atomic E-state index is 0.652. The zero-order chi connectivity index (χ0) is 12.3. The van der Waals surface area contributed by atoms with Gasteiger partial charge < -0.3 is 9.30 Å². The van der Waals surface area contributed by atoms with Gasteiger partial charge in [-0.2, -0.15) is 5.26 Å². The smallest absolute Gasteiger partial charge is 0.109 e. The molecule has 0 spiro atoms. The molecule has 4 heteroatoms. The van der Waals surface area contributed by atoms with Crippen LogP contribution in [0.15, 0.2) is 18.2 Å². The minimum atomic E-state index is 0.652. The van der Waals surface area contributed by atoms with Crippen LogP contribution >= 0.6 is 0 Å². The molecule has 0 N–H and O–H groups in total. The molecule has 17 heavy (non-hydrogen) atoms. The van der Waals surface area contributed by atoms with Crippen molar-refractivity contribution in [3.05, 3.63) is 29.6 Å². The molecule has 2 rings (SSSR count). The van der Waals surface area contributed by atoms with E-state index in [0.29, 0.717) is 5.56 Å². The number of nitrogens with zero attached hydrogens (tertiary/aromatic N) is 3. The number of ether oxygens (including phenoxy) is 1. The molecule has 0 saturated carbocycles. The maximum Gasteiger partial charge on any atom is 0.109 e. The van der Waals surface area contributed by atoms with Crippen LogP contribution < -0.4 is 0 Å². The molecule has 0 unspecified atom stereocenters. The summed E-state index contributed by atoms with van der Waals surface area (Å²) in [5, 5.41) is 8.85. The summed E-state index contributed by atoms with van der Waals surface area (Å²) in [6.07, 6.45) is 1.85. The molecule has 0 amide bonds. The van der Waals surface area contributed by atoms with E-state index in [1.807, 2.05) is 25.2 Å². The lowest BCUT2D eigenvalue weighted by atomic mass is 10.2. The normalized spacial score (nSPS) is 10.6. The first-order valence-corrected chi connectivity index (χ1v) is 5.60. The fraction of sp³-hybridized carbons (Fsp3) is 0.385. The van der Waals surface area contributed by atoms with E-state index in [-0.39, 0.29) is 0 Å². The second kappa shape index (κ2) is 4.98. The Morgan fingerprint density at radius 3 is 3.00 bits per heavy atom. The zero-order valence-corrected chi connectivity index (χ0v) is 10.1. The van der Waals surface area contributed by atoms with Crippen molar-refractivity contribution in [2.45, 2.75) is 12.8 Å². The summed E-state index contributed by atoms with van der Waals surface area (Å²) < 4.78 is 7.11. The summed E-state index contributed by atoms with van der Waals surface area (Å²) in [7, 11) is 3.71. The number of benzene rings is 1. The van der Waals surface area contributed by atoms with Gasteiger partial charge >= 0.3 is 0 Å². The minimum Gasteiger partial charge on any atom is -0.385 e. The van der Waals surface area contributed by atoms with Gasteiger partial charge in [-0.15, -0.1) is 0 Å². The Kier molecular flexibility index (Phi) is 3.40. The fourth-order valence-electron chi connectivity index (χ4n) is 1.92. The van der Waals surface area contributed by atoms with Crippen molar-refractivity contribution in [1.82, 2.24) is 9.55 Å². The number of methoxy groups -OCH3 is 1. The van der Waals surface area contributed by atoms with Crippen LogP contribution in [0.4, 0.5) is 0 Å². The van der Waals surface area contributed by atoms with Gasteiger partial charge in [-0.1, -0.05) is 0 Å². The second-order valence-corrected chi connectivity index (χ2v) is 4.00. The van der Waals surface area contributed by atoms with Crippen molar-refractivity contribution in [1.29, 1.82) is 5.26 Å². The average molecular weight is 229 g/mol. The van der Waals surface area contributed by atoms with E-state index in [1.54, 1.807) is 7.11 Å². The Morgan fingerprint density at radius 1 is 1.47 bits per heavy atom. The topological polar surface area (TPSA) is 50.8 Å². The van der Waals surface area contributed by atoms with Gasteiger partial charge in [-0.05, 0) is 24.6 Å². The predicted molar refractivity (Wildman–Crippen MR) is 65.6 cm³/mol. The van der Waals surface area contributed by atoms with Gasteiger partial charge in [0.25, 0.3) is 0 Å². The summed E-state index contributed by atoms with van der Waals surface area (Å²) >= 11 is 0. The molecule has 1 aromatic carbocycles. The number of nitriles is 1. The maximum absolute atomic E-state index is 8.85. The number of fused-ring (bicyclic) bond motifs is 1. The number of hydrogen-bond acceptors (Lipinski definition) is 3. The summed E-state index contributed by atoms with van der Waals surface area (Å²) in [4.78, 5) is 4.55. The van der Waals surface area contributed by atoms with E-state index in [0.717, 1.165) is 36.3 Å². The molecule has 0 bridgehead atoms. The molecule has 0 atom stereocenters. The van der Waals surface area contributed by atoms with Gasteiger partial charge in [-0.3, -0.25) is 0 Å². The van der Waals surface area contributed by atoms with Crippen molar-refractivity contribution in [2.24, 2.45) is 7.05 Å².